The van der Waals surface area contributed by atoms with Crippen LogP contribution in [-0.2, 0) is 0 Å². The van der Waals surface area contributed by atoms with Crippen LogP contribution < -0.4 is 5.32 Å². The number of thioether (sulfide) groups is 1. The Hall–Kier alpha value is -0.250. The van der Waals surface area contributed by atoms with Gasteiger partial charge in [-0.2, -0.15) is 0 Å². The van der Waals surface area contributed by atoms with Crippen molar-refractivity contribution in [3.05, 3.63) is 23.4 Å². The molecule has 2 unspecified atom stereocenters. The van der Waals surface area contributed by atoms with Crippen LogP contribution in [0.15, 0.2) is 23.4 Å². The van der Waals surface area contributed by atoms with Gasteiger partial charge in [-0.3, -0.25) is 0 Å². The fraction of sp³-hybridized carbons (Fsp3) is 0.643. The van der Waals surface area contributed by atoms with Crippen LogP contribution in [0, 0.1) is 5.92 Å². The predicted molar refractivity (Wildman–Crippen MR) is 79.4 cm³/mol. The average Bonchev–Trinajstić information content (AvgIpc) is 2.37. The Morgan fingerprint density at radius 2 is 2.33 bits per heavy atom. The fourth-order valence-electron chi connectivity index (χ4n) is 2.49. The second-order valence-electron chi connectivity index (χ2n) is 5.09. The number of hydrogen-bond donors (Lipinski definition) is 1. The lowest BCUT2D eigenvalue weighted by atomic mass is 9.87. The van der Waals surface area contributed by atoms with Crippen LogP contribution in [0.3, 0.4) is 0 Å². The molecule has 4 heteroatoms. The SMILES string of the molecule is CC1CCCC(NCCSc2ccc(Cl)cn2)C1. The highest BCUT2D eigenvalue weighted by Crippen LogP contribution is 2.23. The highest BCUT2D eigenvalue weighted by atomic mass is 35.5. The zero-order valence-electron chi connectivity index (χ0n) is 10.9. The smallest absolute Gasteiger partial charge is 0.0961 e. The summed E-state index contributed by atoms with van der Waals surface area (Å²) in [6.45, 7) is 3.42. The standard InChI is InChI=1S/C14H21ClN2S/c1-11-3-2-4-13(9-11)16-7-8-18-14-6-5-12(15)10-17-14/h5-6,10-11,13,16H,2-4,7-9H2,1H3. The number of nitrogens with zero attached hydrogens (tertiary/aromatic N) is 1. The first-order valence-electron chi connectivity index (χ1n) is 6.72. The minimum atomic E-state index is 0.702. The molecule has 0 amide bonds. The van der Waals surface area contributed by atoms with Gasteiger partial charge in [0.2, 0.25) is 0 Å². The summed E-state index contributed by atoms with van der Waals surface area (Å²) in [5.74, 6) is 1.96. The van der Waals surface area contributed by atoms with Gasteiger partial charge in [0.25, 0.3) is 0 Å². The monoisotopic (exact) mass is 284 g/mol. The van der Waals surface area contributed by atoms with E-state index in [0.717, 1.165) is 29.3 Å². The summed E-state index contributed by atoms with van der Waals surface area (Å²) in [5.41, 5.74) is 0. The number of aromatic nitrogens is 1. The normalized spacial score (nSPS) is 24.1. The minimum absolute atomic E-state index is 0.702. The highest BCUT2D eigenvalue weighted by molar-refractivity contribution is 7.99. The third kappa shape index (κ3) is 4.79. The Morgan fingerprint density at radius 3 is 3.06 bits per heavy atom. The summed E-state index contributed by atoms with van der Waals surface area (Å²) in [6, 6.07) is 4.61. The summed E-state index contributed by atoms with van der Waals surface area (Å²) in [7, 11) is 0. The van der Waals surface area contributed by atoms with Gasteiger partial charge in [-0.25, -0.2) is 4.98 Å². The molecule has 1 aliphatic carbocycles. The maximum Gasteiger partial charge on any atom is 0.0961 e. The van der Waals surface area contributed by atoms with Crippen molar-refractivity contribution in [1.82, 2.24) is 10.3 Å². The molecule has 1 saturated carbocycles. The highest BCUT2D eigenvalue weighted by Gasteiger charge is 2.17. The van der Waals surface area contributed by atoms with Crippen molar-refractivity contribution in [2.45, 2.75) is 43.7 Å². The van der Waals surface area contributed by atoms with E-state index in [1.807, 2.05) is 12.1 Å². The van der Waals surface area contributed by atoms with Crippen LogP contribution in [0.25, 0.3) is 0 Å². The molecule has 1 N–H and O–H groups in total. The van der Waals surface area contributed by atoms with Crippen molar-refractivity contribution in [1.29, 1.82) is 0 Å². The quantitative estimate of drug-likeness (QED) is 0.654. The summed E-state index contributed by atoms with van der Waals surface area (Å²) in [4.78, 5) is 4.28. The van der Waals surface area contributed by atoms with Crippen LogP contribution in [0.5, 0.6) is 0 Å². The minimum Gasteiger partial charge on any atom is -0.313 e. The molecule has 2 nitrogen and oxygen atoms in total. The Bertz CT molecular complexity index is 355. The molecule has 0 aliphatic heterocycles. The van der Waals surface area contributed by atoms with E-state index < -0.39 is 0 Å². The number of nitrogens with one attached hydrogen (secondary N) is 1. The van der Waals surface area contributed by atoms with E-state index in [-0.39, 0.29) is 0 Å². The van der Waals surface area contributed by atoms with Crippen molar-refractivity contribution in [3.63, 3.8) is 0 Å². The Balaban J connectivity index is 1.62. The van der Waals surface area contributed by atoms with E-state index in [9.17, 15) is 0 Å². The van der Waals surface area contributed by atoms with Crippen LogP contribution in [0.1, 0.15) is 32.6 Å². The molecular formula is C14H21ClN2S. The Labute approximate surface area is 119 Å². The van der Waals surface area contributed by atoms with Gasteiger partial charge in [0.15, 0.2) is 0 Å². The average molecular weight is 285 g/mol. The molecule has 1 fully saturated rings. The van der Waals surface area contributed by atoms with Gasteiger partial charge in [0, 0.05) is 24.5 Å². The first-order valence-corrected chi connectivity index (χ1v) is 8.08. The molecule has 1 aliphatic rings. The van der Waals surface area contributed by atoms with Crippen LogP contribution in [0.2, 0.25) is 5.02 Å². The molecule has 18 heavy (non-hydrogen) atoms. The Morgan fingerprint density at radius 1 is 1.44 bits per heavy atom. The zero-order chi connectivity index (χ0) is 12.8. The molecule has 100 valence electrons. The lowest BCUT2D eigenvalue weighted by Gasteiger charge is -2.27. The van der Waals surface area contributed by atoms with Gasteiger partial charge < -0.3 is 5.32 Å². The van der Waals surface area contributed by atoms with Crippen molar-refractivity contribution < 1.29 is 0 Å². The lowest BCUT2D eigenvalue weighted by molar-refractivity contribution is 0.306. The topological polar surface area (TPSA) is 24.9 Å². The molecule has 1 aromatic heterocycles. The Kier molecular flexibility index (Phi) is 5.80. The van der Waals surface area contributed by atoms with Gasteiger partial charge >= 0.3 is 0 Å². The zero-order valence-corrected chi connectivity index (χ0v) is 12.4. The van der Waals surface area contributed by atoms with Gasteiger partial charge in [0.05, 0.1) is 10.0 Å². The maximum atomic E-state index is 5.80. The first-order chi connectivity index (χ1) is 8.74. The van der Waals surface area contributed by atoms with E-state index in [1.54, 1.807) is 18.0 Å². The molecule has 2 atom stereocenters. The van der Waals surface area contributed by atoms with Crippen molar-refractivity contribution in [2.24, 2.45) is 5.92 Å². The summed E-state index contributed by atoms with van der Waals surface area (Å²) in [5, 5.41) is 5.42. The van der Waals surface area contributed by atoms with E-state index in [4.69, 9.17) is 11.6 Å². The van der Waals surface area contributed by atoms with E-state index in [1.165, 1.54) is 25.7 Å². The third-order valence-corrected chi connectivity index (χ3v) is 4.59. The second-order valence-corrected chi connectivity index (χ2v) is 6.64. The van der Waals surface area contributed by atoms with Gasteiger partial charge in [-0.15, -0.1) is 11.8 Å². The fourth-order valence-corrected chi connectivity index (χ4v) is 3.32. The van der Waals surface area contributed by atoms with Crippen LogP contribution in [0.4, 0.5) is 0 Å². The molecule has 0 radical (unpaired) electrons. The summed E-state index contributed by atoms with van der Waals surface area (Å²) in [6.07, 6.45) is 7.17. The molecule has 2 rings (SSSR count). The lowest BCUT2D eigenvalue weighted by Crippen LogP contribution is -2.34. The van der Waals surface area contributed by atoms with E-state index >= 15 is 0 Å². The molecule has 1 heterocycles. The van der Waals surface area contributed by atoms with Crippen molar-refractivity contribution >= 4 is 23.4 Å². The van der Waals surface area contributed by atoms with E-state index in [2.05, 4.69) is 17.2 Å². The van der Waals surface area contributed by atoms with Gasteiger partial charge in [-0.05, 0) is 30.9 Å². The predicted octanol–water partition coefficient (Wildman–Crippen LogP) is 4.00. The molecule has 0 spiro atoms. The second kappa shape index (κ2) is 7.37. The number of pyridine rings is 1. The van der Waals surface area contributed by atoms with Gasteiger partial charge in [0.1, 0.15) is 0 Å². The van der Waals surface area contributed by atoms with E-state index in [0.29, 0.717) is 5.02 Å². The first kappa shape index (κ1) is 14.2. The molecule has 1 aromatic rings. The molecule has 0 bridgehead atoms. The maximum absolute atomic E-state index is 5.80. The molecular weight excluding hydrogens is 264 g/mol. The number of halogens is 1. The van der Waals surface area contributed by atoms with Crippen LogP contribution >= 0.6 is 23.4 Å². The van der Waals surface area contributed by atoms with Crippen molar-refractivity contribution in [2.75, 3.05) is 12.3 Å². The van der Waals surface area contributed by atoms with Gasteiger partial charge in [-0.1, -0.05) is 31.4 Å². The molecule has 0 aromatic carbocycles. The third-order valence-electron chi connectivity index (χ3n) is 3.42. The number of hydrogen-bond acceptors (Lipinski definition) is 3. The largest absolute Gasteiger partial charge is 0.313 e. The number of rotatable bonds is 5. The van der Waals surface area contributed by atoms with Crippen molar-refractivity contribution in [3.8, 4) is 0 Å². The molecule has 0 saturated heterocycles. The van der Waals surface area contributed by atoms with Crippen LogP contribution in [-0.4, -0.2) is 23.3 Å². The summed E-state index contributed by atoms with van der Waals surface area (Å²) < 4.78 is 0. The summed E-state index contributed by atoms with van der Waals surface area (Å²) >= 11 is 7.59.